The van der Waals surface area contributed by atoms with Crippen LogP contribution in [0.4, 0.5) is 14.9 Å². The molecule has 0 aliphatic heterocycles. The van der Waals surface area contributed by atoms with Crippen molar-refractivity contribution in [1.82, 2.24) is 0 Å². The molecule has 4 heteroatoms. The zero-order chi connectivity index (χ0) is 26.1. The molecule has 0 fully saturated rings. The molecule has 0 aliphatic rings. The SMILES string of the molecule is CCCCCCCCCCCCCCCCCCN(C)c1ccccc1.C[N]([GeH][F])c1ccccc1. The fraction of sp³-hybridized carbons (Fsp3) is 0.625. The van der Waals surface area contributed by atoms with E-state index in [0.717, 1.165) is 5.69 Å². The molecule has 0 bridgehead atoms. The summed E-state index contributed by atoms with van der Waals surface area (Å²) in [7, 11) is 4.00. The van der Waals surface area contributed by atoms with Crippen molar-refractivity contribution in [2.24, 2.45) is 0 Å². The summed E-state index contributed by atoms with van der Waals surface area (Å²) >= 11 is -1.66. The molecule has 2 rings (SSSR count). The van der Waals surface area contributed by atoms with Crippen molar-refractivity contribution in [3.05, 3.63) is 60.7 Å². The van der Waals surface area contributed by atoms with Gasteiger partial charge in [-0.3, -0.25) is 0 Å². The predicted molar refractivity (Wildman–Crippen MR) is 162 cm³/mol. The number of hydrogen-bond donors (Lipinski definition) is 0. The Kier molecular flexibility index (Phi) is 21.6. The van der Waals surface area contributed by atoms with Gasteiger partial charge >= 0.3 is 66.5 Å². The van der Waals surface area contributed by atoms with Crippen molar-refractivity contribution in [1.29, 1.82) is 0 Å². The zero-order valence-electron chi connectivity index (χ0n) is 23.6. The fourth-order valence-corrected chi connectivity index (χ4v) is 5.03. The molecule has 2 aromatic rings. The summed E-state index contributed by atoms with van der Waals surface area (Å²) in [6.07, 6.45) is 23.0. The molecular formula is C32H54FGeN2. The monoisotopic (exact) mass is 559 g/mol. The van der Waals surface area contributed by atoms with Crippen molar-refractivity contribution in [2.75, 3.05) is 29.4 Å². The van der Waals surface area contributed by atoms with Gasteiger partial charge in [-0.2, -0.15) is 0 Å². The number of hydrogen-bond acceptors (Lipinski definition) is 2. The van der Waals surface area contributed by atoms with E-state index in [-0.39, 0.29) is 0 Å². The van der Waals surface area contributed by atoms with Crippen LogP contribution in [0.2, 0.25) is 0 Å². The Labute approximate surface area is 230 Å². The second kappa shape index (κ2) is 23.9. The third kappa shape index (κ3) is 17.9. The van der Waals surface area contributed by atoms with Gasteiger partial charge in [0.05, 0.1) is 0 Å². The number of unbranched alkanes of at least 4 members (excludes halogenated alkanes) is 15. The standard InChI is InChI=1S/C25H45N.C7H9FGeN/c1-3-4-5-6-7-8-9-10-11-12-13-14-15-16-17-21-24-26(2)25-22-19-18-20-23-25;1-10(9-8)7-5-3-2-4-6-7/h18-20,22-23H,3-17,21,24H2,1-2H3;2-6,9H,1H3. The van der Waals surface area contributed by atoms with Crippen LogP contribution in [0.3, 0.4) is 0 Å². The quantitative estimate of drug-likeness (QED) is 0.118. The summed E-state index contributed by atoms with van der Waals surface area (Å²) in [6, 6.07) is 20.3. The molecular weight excluding hydrogens is 504 g/mol. The summed E-state index contributed by atoms with van der Waals surface area (Å²) in [4.78, 5) is 2.38. The van der Waals surface area contributed by atoms with E-state index in [1.165, 1.54) is 115 Å². The van der Waals surface area contributed by atoms with Gasteiger partial charge in [0.25, 0.3) is 0 Å². The fourth-order valence-electron chi connectivity index (χ4n) is 4.43. The Balaban J connectivity index is 0.000000537. The van der Waals surface area contributed by atoms with Gasteiger partial charge in [0, 0.05) is 19.3 Å². The topological polar surface area (TPSA) is 6.48 Å². The Bertz CT molecular complexity index is 698. The first kappa shape index (κ1) is 32.5. The predicted octanol–water partition coefficient (Wildman–Crippen LogP) is 9.74. The summed E-state index contributed by atoms with van der Waals surface area (Å²) in [5.74, 6) is 0. The first-order chi connectivity index (χ1) is 17.7. The van der Waals surface area contributed by atoms with Crippen LogP contribution in [0.15, 0.2) is 60.7 Å². The maximum atomic E-state index is 12.2. The zero-order valence-corrected chi connectivity index (χ0v) is 26.1. The van der Waals surface area contributed by atoms with Gasteiger partial charge in [-0.25, -0.2) is 0 Å². The number of benzene rings is 2. The molecule has 0 heterocycles. The van der Waals surface area contributed by atoms with E-state index in [9.17, 15) is 3.50 Å². The molecule has 2 nitrogen and oxygen atoms in total. The molecule has 0 atom stereocenters. The van der Waals surface area contributed by atoms with Gasteiger partial charge in [-0.15, -0.1) is 0 Å². The van der Waals surface area contributed by atoms with Gasteiger partial charge in [0.15, 0.2) is 0 Å². The summed E-state index contributed by atoms with van der Waals surface area (Å²) < 4.78 is 13.9. The molecule has 0 aliphatic carbocycles. The van der Waals surface area contributed by atoms with Crippen molar-refractivity contribution in [3.63, 3.8) is 0 Å². The van der Waals surface area contributed by atoms with Crippen molar-refractivity contribution in [3.8, 4) is 0 Å². The second-order valence-electron chi connectivity index (χ2n) is 10.1. The molecule has 0 aromatic heterocycles. The maximum absolute atomic E-state index is 12.2. The van der Waals surface area contributed by atoms with Gasteiger partial charge in [-0.1, -0.05) is 121 Å². The average molecular weight is 558 g/mol. The van der Waals surface area contributed by atoms with Crippen LogP contribution in [-0.2, 0) is 0 Å². The second-order valence-corrected chi connectivity index (χ2v) is 12.1. The Morgan fingerprint density at radius 3 is 1.28 bits per heavy atom. The van der Waals surface area contributed by atoms with Crippen molar-refractivity contribution < 1.29 is 3.50 Å². The van der Waals surface area contributed by atoms with Crippen LogP contribution >= 0.6 is 0 Å². The summed E-state index contributed by atoms with van der Waals surface area (Å²) in [5, 5.41) is 0. The first-order valence-electron chi connectivity index (χ1n) is 14.7. The number of anilines is 2. The van der Waals surface area contributed by atoms with E-state index in [1.807, 2.05) is 30.3 Å². The van der Waals surface area contributed by atoms with Gasteiger partial charge < -0.3 is 4.90 Å². The molecule has 2 aromatic carbocycles. The third-order valence-electron chi connectivity index (χ3n) is 6.85. The molecule has 0 unspecified atom stereocenters. The molecule has 203 valence electrons. The Hall–Kier alpha value is -1.49. The van der Waals surface area contributed by atoms with E-state index in [4.69, 9.17) is 0 Å². The number of para-hydroxylation sites is 2. The number of halogens is 1. The van der Waals surface area contributed by atoms with E-state index in [2.05, 4.69) is 49.2 Å². The van der Waals surface area contributed by atoms with Crippen LogP contribution in [0.25, 0.3) is 0 Å². The Morgan fingerprint density at radius 2 is 0.889 bits per heavy atom. The van der Waals surface area contributed by atoms with E-state index < -0.39 is 16.1 Å². The molecule has 0 amide bonds. The molecule has 0 spiro atoms. The summed E-state index contributed by atoms with van der Waals surface area (Å²) in [5.41, 5.74) is 2.32. The third-order valence-corrected chi connectivity index (χ3v) is 8.09. The van der Waals surface area contributed by atoms with E-state index in [0.29, 0.717) is 0 Å². The number of rotatable bonds is 20. The average Bonchev–Trinajstić information content (AvgIpc) is 2.93. The molecule has 0 saturated heterocycles. The van der Waals surface area contributed by atoms with Gasteiger partial charge in [0.1, 0.15) is 0 Å². The number of nitrogens with zero attached hydrogens (tertiary/aromatic N) is 2. The molecule has 1 radical (unpaired) electrons. The normalized spacial score (nSPS) is 10.6. The van der Waals surface area contributed by atoms with Crippen LogP contribution in [0, 0.1) is 0 Å². The Morgan fingerprint density at radius 1 is 0.528 bits per heavy atom. The van der Waals surface area contributed by atoms with Crippen LogP contribution in [0.1, 0.15) is 110 Å². The van der Waals surface area contributed by atoms with Gasteiger partial charge in [0.2, 0.25) is 0 Å². The molecule has 0 N–H and O–H groups in total. The van der Waals surface area contributed by atoms with Crippen LogP contribution in [-0.4, -0.2) is 36.8 Å². The van der Waals surface area contributed by atoms with Crippen LogP contribution < -0.4 is 8.76 Å². The summed E-state index contributed by atoms with van der Waals surface area (Å²) in [6.45, 7) is 3.48. The van der Waals surface area contributed by atoms with Crippen molar-refractivity contribution in [2.45, 2.75) is 110 Å². The van der Waals surface area contributed by atoms with Crippen molar-refractivity contribution >= 4 is 27.5 Å². The van der Waals surface area contributed by atoms with E-state index in [1.54, 1.807) is 10.9 Å². The minimum absolute atomic E-state index is 0.977. The first-order valence-corrected chi connectivity index (χ1v) is 16.7. The van der Waals surface area contributed by atoms with E-state index >= 15 is 0 Å². The minimum atomic E-state index is -1.66. The van der Waals surface area contributed by atoms with Gasteiger partial charge in [-0.05, 0) is 18.6 Å². The molecule has 36 heavy (non-hydrogen) atoms. The molecule has 0 saturated carbocycles. The van der Waals surface area contributed by atoms with Crippen LogP contribution in [0.5, 0.6) is 0 Å².